The number of anilines is 1. The topological polar surface area (TPSA) is 84.4 Å². The lowest BCUT2D eigenvalue weighted by atomic mass is 10.4. The van der Waals surface area contributed by atoms with Gasteiger partial charge in [0, 0.05) is 30.7 Å². The lowest BCUT2D eigenvalue weighted by Crippen LogP contribution is -2.28. The summed E-state index contributed by atoms with van der Waals surface area (Å²) in [6, 6.07) is 6.06. The Morgan fingerprint density at radius 3 is 2.67 bits per heavy atom. The third-order valence-corrected chi connectivity index (χ3v) is 6.24. The van der Waals surface area contributed by atoms with Gasteiger partial charge in [-0.3, -0.25) is 0 Å². The Morgan fingerprint density at radius 1 is 1.19 bits per heavy atom. The van der Waals surface area contributed by atoms with Gasteiger partial charge in [0.2, 0.25) is 15.9 Å². The normalized spacial score (nSPS) is 14.6. The molecule has 0 radical (unpaired) electrons. The second-order valence-corrected chi connectivity index (χ2v) is 8.71. The molecule has 7 nitrogen and oxygen atoms in total. The predicted octanol–water partition coefficient (Wildman–Crippen LogP) is 3.05. The summed E-state index contributed by atoms with van der Waals surface area (Å²) < 4.78 is 32.8. The summed E-state index contributed by atoms with van der Waals surface area (Å²) in [5, 5.41) is 0.399. The quantitative estimate of drug-likeness (QED) is 0.679. The average Bonchev–Trinajstić information content (AvgIpc) is 3.15. The van der Waals surface area contributed by atoms with Crippen molar-refractivity contribution >= 4 is 39.0 Å². The average molecular weight is 431 g/mol. The minimum atomic E-state index is -3.78. The summed E-state index contributed by atoms with van der Waals surface area (Å²) in [4.78, 5) is 10.8. The first-order valence-electron chi connectivity index (χ1n) is 8.53. The van der Waals surface area contributed by atoms with Crippen LogP contribution in [0.3, 0.4) is 0 Å². The van der Waals surface area contributed by atoms with E-state index in [2.05, 4.69) is 19.6 Å². The van der Waals surface area contributed by atoms with Gasteiger partial charge in [0.25, 0.3) is 0 Å². The van der Waals surface area contributed by atoms with Crippen LogP contribution in [0.15, 0.2) is 29.2 Å². The van der Waals surface area contributed by atoms with Crippen LogP contribution < -0.4 is 14.4 Å². The molecule has 1 aromatic heterocycles. The highest BCUT2D eigenvalue weighted by Crippen LogP contribution is 2.25. The molecule has 10 heteroatoms. The summed E-state index contributed by atoms with van der Waals surface area (Å²) in [6.45, 7) is 3.92. The van der Waals surface area contributed by atoms with Crippen molar-refractivity contribution in [3.63, 3.8) is 0 Å². The van der Waals surface area contributed by atoms with Crippen LogP contribution in [0, 0.1) is 6.92 Å². The standard InChI is InChI=1S/C17H20Cl2N4O3S/c1-12-21-16(23-7-2-3-8-23)11-17(22-12)26-9-6-20-27(24,25)15-10-13(18)4-5-14(15)19/h4-5,10-11,20H,2-3,6-9H2,1H3. The maximum Gasteiger partial charge on any atom is 0.242 e. The number of hydrogen-bond donors (Lipinski definition) is 1. The van der Waals surface area contributed by atoms with E-state index in [9.17, 15) is 8.42 Å². The molecule has 1 aliphatic heterocycles. The summed E-state index contributed by atoms with van der Waals surface area (Å²) in [5.74, 6) is 1.87. The highest BCUT2D eigenvalue weighted by atomic mass is 35.5. The first kappa shape index (κ1) is 20.1. The number of aryl methyl sites for hydroxylation is 1. The maximum absolute atomic E-state index is 12.4. The van der Waals surface area contributed by atoms with Gasteiger partial charge in [0.15, 0.2) is 0 Å². The molecule has 1 aliphatic rings. The Bertz CT molecular complexity index is 918. The first-order valence-corrected chi connectivity index (χ1v) is 10.8. The van der Waals surface area contributed by atoms with Crippen LogP contribution in [0.2, 0.25) is 10.0 Å². The molecule has 0 atom stereocenters. The van der Waals surface area contributed by atoms with Crippen molar-refractivity contribution in [3.05, 3.63) is 40.1 Å². The molecule has 1 fully saturated rings. The van der Waals surface area contributed by atoms with E-state index in [0.29, 0.717) is 16.7 Å². The summed E-state index contributed by atoms with van der Waals surface area (Å²) in [6.07, 6.45) is 2.29. The van der Waals surface area contributed by atoms with Crippen LogP contribution in [0.25, 0.3) is 0 Å². The van der Waals surface area contributed by atoms with Gasteiger partial charge in [-0.2, -0.15) is 4.98 Å². The van der Waals surface area contributed by atoms with E-state index < -0.39 is 10.0 Å². The Hall–Kier alpha value is -1.61. The zero-order valence-electron chi connectivity index (χ0n) is 14.8. The van der Waals surface area contributed by atoms with E-state index in [1.54, 1.807) is 13.0 Å². The van der Waals surface area contributed by atoms with E-state index in [1.165, 1.54) is 18.2 Å². The molecule has 0 aliphatic carbocycles. The van der Waals surface area contributed by atoms with E-state index in [0.717, 1.165) is 31.7 Å². The zero-order valence-corrected chi connectivity index (χ0v) is 17.1. The van der Waals surface area contributed by atoms with Crippen molar-refractivity contribution in [1.82, 2.24) is 14.7 Å². The van der Waals surface area contributed by atoms with Crippen molar-refractivity contribution in [1.29, 1.82) is 0 Å². The molecule has 1 saturated heterocycles. The number of sulfonamides is 1. The fourth-order valence-electron chi connectivity index (χ4n) is 2.80. The van der Waals surface area contributed by atoms with Gasteiger partial charge in [-0.1, -0.05) is 23.2 Å². The fourth-order valence-corrected chi connectivity index (χ4v) is 4.57. The molecule has 146 valence electrons. The molecule has 0 amide bonds. The van der Waals surface area contributed by atoms with E-state index >= 15 is 0 Å². The van der Waals surface area contributed by atoms with Gasteiger partial charge in [-0.05, 0) is 38.0 Å². The largest absolute Gasteiger partial charge is 0.476 e. The second kappa shape index (κ2) is 8.60. The molecule has 3 rings (SSSR count). The van der Waals surface area contributed by atoms with Crippen molar-refractivity contribution in [3.8, 4) is 5.88 Å². The minimum Gasteiger partial charge on any atom is -0.476 e. The number of benzene rings is 1. The van der Waals surface area contributed by atoms with Crippen LogP contribution in [-0.2, 0) is 10.0 Å². The van der Waals surface area contributed by atoms with Gasteiger partial charge >= 0.3 is 0 Å². The first-order chi connectivity index (χ1) is 12.8. The lowest BCUT2D eigenvalue weighted by molar-refractivity contribution is 0.309. The molecule has 0 saturated carbocycles. The van der Waals surface area contributed by atoms with Crippen LogP contribution in [0.1, 0.15) is 18.7 Å². The van der Waals surface area contributed by atoms with Crippen LogP contribution >= 0.6 is 23.2 Å². The van der Waals surface area contributed by atoms with E-state index in [-0.39, 0.29) is 23.1 Å². The minimum absolute atomic E-state index is 0.0628. The number of hydrogen-bond acceptors (Lipinski definition) is 6. The summed E-state index contributed by atoms with van der Waals surface area (Å²) in [5.41, 5.74) is 0. The van der Waals surface area contributed by atoms with Gasteiger partial charge in [0.1, 0.15) is 23.1 Å². The van der Waals surface area contributed by atoms with Crippen LogP contribution in [0.4, 0.5) is 5.82 Å². The molecule has 0 bridgehead atoms. The van der Waals surface area contributed by atoms with Crippen molar-refractivity contribution in [2.75, 3.05) is 31.1 Å². The molecule has 2 heterocycles. The van der Waals surface area contributed by atoms with Crippen molar-refractivity contribution in [2.45, 2.75) is 24.7 Å². The second-order valence-electron chi connectivity index (χ2n) is 6.13. The van der Waals surface area contributed by atoms with Crippen LogP contribution in [-0.4, -0.2) is 44.6 Å². The Labute approximate surface area is 168 Å². The molecular formula is C17H20Cl2N4O3S. The molecule has 1 N–H and O–H groups in total. The number of ether oxygens (including phenoxy) is 1. The third kappa shape index (κ3) is 5.22. The van der Waals surface area contributed by atoms with Gasteiger partial charge in [-0.15, -0.1) is 0 Å². The summed E-state index contributed by atoms with van der Waals surface area (Å²) >= 11 is 11.8. The van der Waals surface area contributed by atoms with Crippen molar-refractivity contribution in [2.24, 2.45) is 0 Å². The number of rotatable bonds is 7. The van der Waals surface area contributed by atoms with Crippen LogP contribution in [0.5, 0.6) is 5.88 Å². The van der Waals surface area contributed by atoms with Gasteiger partial charge in [0.05, 0.1) is 5.02 Å². The Morgan fingerprint density at radius 2 is 1.93 bits per heavy atom. The number of halogens is 2. The highest BCUT2D eigenvalue weighted by molar-refractivity contribution is 7.89. The molecule has 0 spiro atoms. The number of nitrogens with zero attached hydrogens (tertiary/aromatic N) is 3. The number of nitrogens with one attached hydrogen (secondary N) is 1. The SMILES string of the molecule is Cc1nc(OCCNS(=O)(=O)c2cc(Cl)ccc2Cl)cc(N2CCCC2)n1. The third-order valence-electron chi connectivity index (χ3n) is 4.06. The Kier molecular flexibility index (Phi) is 6.41. The molecule has 1 aromatic carbocycles. The van der Waals surface area contributed by atoms with E-state index in [1.807, 2.05) is 0 Å². The maximum atomic E-state index is 12.4. The van der Waals surface area contributed by atoms with E-state index in [4.69, 9.17) is 27.9 Å². The van der Waals surface area contributed by atoms with Gasteiger partial charge in [-0.25, -0.2) is 18.1 Å². The highest BCUT2D eigenvalue weighted by Gasteiger charge is 2.18. The molecule has 27 heavy (non-hydrogen) atoms. The zero-order chi connectivity index (χ0) is 19.4. The molecular weight excluding hydrogens is 411 g/mol. The predicted molar refractivity (Wildman–Crippen MR) is 105 cm³/mol. The fraction of sp³-hybridized carbons (Fsp3) is 0.412. The lowest BCUT2D eigenvalue weighted by Gasteiger charge is -2.17. The smallest absolute Gasteiger partial charge is 0.242 e. The van der Waals surface area contributed by atoms with Gasteiger partial charge < -0.3 is 9.64 Å². The summed E-state index contributed by atoms with van der Waals surface area (Å²) in [7, 11) is -3.78. The monoisotopic (exact) mass is 430 g/mol. The van der Waals surface area contributed by atoms with Crippen molar-refractivity contribution < 1.29 is 13.2 Å². The molecule has 0 unspecified atom stereocenters. The molecule has 2 aromatic rings. The Balaban J connectivity index is 1.59. The number of aromatic nitrogens is 2.